The summed E-state index contributed by atoms with van der Waals surface area (Å²) in [5, 5.41) is 15.0. The van der Waals surface area contributed by atoms with Crippen molar-refractivity contribution in [3.05, 3.63) is 59.7 Å². The van der Waals surface area contributed by atoms with Crippen molar-refractivity contribution in [1.29, 1.82) is 0 Å². The van der Waals surface area contributed by atoms with Gasteiger partial charge in [0.25, 0.3) is 0 Å². The molecule has 2 amide bonds. The fourth-order valence-corrected chi connectivity index (χ4v) is 4.79. The van der Waals surface area contributed by atoms with E-state index >= 15 is 0 Å². The maximum absolute atomic E-state index is 13.0. The van der Waals surface area contributed by atoms with Crippen molar-refractivity contribution in [2.24, 2.45) is 5.92 Å². The fourth-order valence-electron chi connectivity index (χ4n) is 4.79. The summed E-state index contributed by atoms with van der Waals surface area (Å²) in [7, 11) is 0. The second kappa shape index (κ2) is 9.87. The number of hydrogen-bond acceptors (Lipinski definition) is 4. The molecule has 4 rings (SSSR count). The number of amides is 2. The lowest BCUT2D eigenvalue weighted by atomic mass is 9.95. The highest BCUT2D eigenvalue weighted by atomic mass is 16.5. The van der Waals surface area contributed by atoms with Crippen LogP contribution in [0.4, 0.5) is 4.79 Å². The first-order chi connectivity index (χ1) is 16.3. The Kier molecular flexibility index (Phi) is 6.91. The summed E-state index contributed by atoms with van der Waals surface area (Å²) in [5.41, 5.74) is 3.17. The first kappa shape index (κ1) is 23.8. The van der Waals surface area contributed by atoms with E-state index in [9.17, 15) is 19.5 Å². The van der Waals surface area contributed by atoms with E-state index in [0.717, 1.165) is 47.9 Å². The monoisotopic (exact) mass is 464 g/mol. The number of hydrogen-bond donors (Lipinski definition) is 3. The highest BCUT2D eigenvalue weighted by Gasteiger charge is 2.49. The molecule has 0 spiro atoms. The Morgan fingerprint density at radius 1 is 1.06 bits per heavy atom. The van der Waals surface area contributed by atoms with Gasteiger partial charge in [0, 0.05) is 5.92 Å². The molecule has 34 heavy (non-hydrogen) atoms. The summed E-state index contributed by atoms with van der Waals surface area (Å²) in [6.45, 7) is 3.68. The molecule has 2 aliphatic rings. The molecule has 2 unspecified atom stereocenters. The number of unbranched alkanes of at least 4 members (excludes halogenated alkanes) is 1. The highest BCUT2D eigenvalue weighted by Crippen LogP contribution is 2.44. The Morgan fingerprint density at radius 3 is 2.18 bits per heavy atom. The number of nitrogens with one attached hydrogen (secondary N) is 2. The van der Waals surface area contributed by atoms with Gasteiger partial charge in [-0.15, -0.1) is 0 Å². The fraction of sp³-hybridized carbons (Fsp3) is 0.444. The van der Waals surface area contributed by atoms with Crippen LogP contribution in [0.3, 0.4) is 0 Å². The van der Waals surface area contributed by atoms with E-state index in [1.54, 1.807) is 0 Å². The van der Waals surface area contributed by atoms with Crippen molar-refractivity contribution in [2.75, 3.05) is 6.61 Å². The number of carboxylic acid groups (broad SMARTS) is 1. The molecule has 180 valence electrons. The summed E-state index contributed by atoms with van der Waals surface area (Å²) in [6, 6.07) is 15.3. The van der Waals surface area contributed by atoms with Crippen molar-refractivity contribution >= 4 is 18.0 Å². The van der Waals surface area contributed by atoms with Crippen LogP contribution in [0, 0.1) is 5.92 Å². The van der Waals surface area contributed by atoms with Crippen molar-refractivity contribution in [1.82, 2.24) is 10.6 Å². The first-order valence-corrected chi connectivity index (χ1v) is 12.0. The molecule has 2 aliphatic carbocycles. The van der Waals surface area contributed by atoms with Crippen LogP contribution >= 0.6 is 0 Å². The number of ether oxygens (including phenoxy) is 1. The van der Waals surface area contributed by atoms with E-state index in [2.05, 4.69) is 22.8 Å². The number of fused-ring (bicyclic) bond motifs is 3. The van der Waals surface area contributed by atoms with Gasteiger partial charge >= 0.3 is 12.1 Å². The topological polar surface area (TPSA) is 105 Å². The quantitative estimate of drug-likeness (QED) is 0.482. The third kappa shape index (κ3) is 4.79. The summed E-state index contributed by atoms with van der Waals surface area (Å²) in [4.78, 5) is 37.5. The number of alkyl carbamates (subject to hydrolysis) is 1. The lowest BCUT2D eigenvalue weighted by molar-refractivity contribution is -0.148. The molecule has 0 bridgehead atoms. The molecular formula is C27H32N2O5. The largest absolute Gasteiger partial charge is 0.480 e. The molecule has 2 atom stereocenters. The number of carboxylic acids is 1. The SMILES string of the molecule is CCCCC(NC(=O)OCC1c2ccccc2-c2ccccc21)C(=O)NC(C)(C(=O)O)C1CC1. The first-order valence-electron chi connectivity index (χ1n) is 12.0. The van der Waals surface area contributed by atoms with Crippen LogP contribution in [0.5, 0.6) is 0 Å². The van der Waals surface area contributed by atoms with Crippen LogP contribution < -0.4 is 10.6 Å². The molecule has 0 aliphatic heterocycles. The van der Waals surface area contributed by atoms with Gasteiger partial charge in [0.05, 0.1) is 0 Å². The minimum absolute atomic E-state index is 0.0776. The van der Waals surface area contributed by atoms with Gasteiger partial charge in [-0.2, -0.15) is 0 Å². The molecule has 0 heterocycles. The zero-order valence-corrected chi connectivity index (χ0v) is 19.7. The van der Waals surface area contributed by atoms with Crippen molar-refractivity contribution in [2.45, 2.75) is 63.5 Å². The maximum Gasteiger partial charge on any atom is 0.407 e. The van der Waals surface area contributed by atoms with Crippen LogP contribution in [0.15, 0.2) is 48.5 Å². The van der Waals surface area contributed by atoms with Gasteiger partial charge < -0.3 is 20.5 Å². The van der Waals surface area contributed by atoms with E-state index in [1.165, 1.54) is 6.92 Å². The van der Waals surface area contributed by atoms with Gasteiger partial charge in [-0.25, -0.2) is 9.59 Å². The van der Waals surface area contributed by atoms with Crippen molar-refractivity contribution in [3.8, 4) is 11.1 Å². The maximum atomic E-state index is 13.0. The normalized spacial score (nSPS) is 17.1. The van der Waals surface area contributed by atoms with Gasteiger partial charge in [0.15, 0.2) is 0 Å². The third-order valence-electron chi connectivity index (χ3n) is 7.02. The van der Waals surface area contributed by atoms with E-state index < -0.39 is 29.6 Å². The molecule has 7 nitrogen and oxygen atoms in total. The molecule has 1 saturated carbocycles. The number of carbonyl (C=O) groups excluding carboxylic acids is 2. The molecule has 0 saturated heterocycles. The van der Waals surface area contributed by atoms with Crippen LogP contribution in [-0.2, 0) is 14.3 Å². The molecule has 3 N–H and O–H groups in total. The van der Waals surface area contributed by atoms with Gasteiger partial charge in [0.1, 0.15) is 18.2 Å². The van der Waals surface area contributed by atoms with E-state index in [1.807, 2.05) is 43.3 Å². The zero-order valence-electron chi connectivity index (χ0n) is 19.7. The molecule has 0 aromatic heterocycles. The predicted molar refractivity (Wildman–Crippen MR) is 128 cm³/mol. The Hall–Kier alpha value is -3.35. The van der Waals surface area contributed by atoms with Crippen molar-refractivity contribution in [3.63, 3.8) is 0 Å². The molecular weight excluding hydrogens is 432 g/mol. The Labute approximate surface area is 199 Å². The second-order valence-corrected chi connectivity index (χ2v) is 9.44. The van der Waals surface area contributed by atoms with Crippen LogP contribution in [-0.4, -0.2) is 41.3 Å². The van der Waals surface area contributed by atoms with Crippen LogP contribution in [0.2, 0.25) is 0 Å². The third-order valence-corrected chi connectivity index (χ3v) is 7.02. The lowest BCUT2D eigenvalue weighted by Gasteiger charge is -2.29. The average molecular weight is 465 g/mol. The minimum Gasteiger partial charge on any atom is -0.480 e. The highest BCUT2D eigenvalue weighted by molar-refractivity contribution is 5.91. The molecule has 2 aromatic carbocycles. The van der Waals surface area contributed by atoms with E-state index in [-0.39, 0.29) is 18.4 Å². The summed E-state index contributed by atoms with van der Waals surface area (Å²) < 4.78 is 5.59. The number of aliphatic carboxylic acids is 1. The summed E-state index contributed by atoms with van der Waals surface area (Å²) in [5.74, 6) is -1.71. The standard InChI is InChI=1S/C27H32N2O5/c1-3-4-13-23(24(30)29-27(2,25(31)32)17-14-15-17)28-26(33)34-16-22-20-11-7-5-9-18(20)19-10-6-8-12-21(19)22/h5-12,17,22-23H,3-4,13-16H2,1-2H3,(H,28,33)(H,29,30)(H,31,32). The lowest BCUT2D eigenvalue weighted by Crippen LogP contribution is -2.59. The number of rotatable bonds is 10. The van der Waals surface area contributed by atoms with Crippen LogP contribution in [0.25, 0.3) is 11.1 Å². The van der Waals surface area contributed by atoms with Gasteiger partial charge in [-0.1, -0.05) is 68.3 Å². The van der Waals surface area contributed by atoms with Crippen LogP contribution in [0.1, 0.15) is 63.0 Å². The van der Waals surface area contributed by atoms with E-state index in [0.29, 0.717) is 6.42 Å². The molecule has 1 fully saturated rings. The molecule has 0 radical (unpaired) electrons. The average Bonchev–Trinajstić information content (AvgIpc) is 3.64. The van der Waals surface area contributed by atoms with Gasteiger partial charge in [-0.3, -0.25) is 4.79 Å². The number of benzene rings is 2. The minimum atomic E-state index is -1.33. The summed E-state index contributed by atoms with van der Waals surface area (Å²) in [6.07, 6.45) is 2.82. The Balaban J connectivity index is 1.42. The Morgan fingerprint density at radius 2 is 1.65 bits per heavy atom. The number of carbonyl (C=O) groups is 3. The molecule has 2 aromatic rings. The predicted octanol–water partition coefficient (Wildman–Crippen LogP) is 4.45. The summed E-state index contributed by atoms with van der Waals surface area (Å²) >= 11 is 0. The van der Waals surface area contributed by atoms with E-state index in [4.69, 9.17) is 4.74 Å². The second-order valence-electron chi connectivity index (χ2n) is 9.44. The van der Waals surface area contributed by atoms with Gasteiger partial charge in [0.2, 0.25) is 5.91 Å². The molecule has 7 heteroatoms. The smallest absolute Gasteiger partial charge is 0.407 e. The Bertz CT molecular complexity index is 1030. The zero-order chi connectivity index (χ0) is 24.3. The van der Waals surface area contributed by atoms with Gasteiger partial charge in [-0.05, 0) is 54.4 Å². The van der Waals surface area contributed by atoms with Crippen molar-refractivity contribution < 1.29 is 24.2 Å².